The first-order valence-electron chi connectivity index (χ1n) is 7.86. The van der Waals surface area contributed by atoms with Crippen molar-refractivity contribution >= 4 is 18.0 Å². The Labute approximate surface area is 137 Å². The number of rotatable bonds is 2. The minimum absolute atomic E-state index is 0.0493. The quantitative estimate of drug-likeness (QED) is 0.812. The van der Waals surface area contributed by atoms with Crippen molar-refractivity contribution in [2.24, 2.45) is 0 Å². The molecule has 1 rings (SSSR count). The molecule has 7 heteroatoms. The van der Waals surface area contributed by atoms with Crippen molar-refractivity contribution in [3.63, 3.8) is 0 Å². The van der Waals surface area contributed by atoms with Crippen molar-refractivity contribution in [3.8, 4) is 0 Å². The lowest BCUT2D eigenvalue weighted by Crippen LogP contribution is -2.56. The molecule has 2 N–H and O–H groups in total. The van der Waals surface area contributed by atoms with E-state index in [2.05, 4.69) is 10.6 Å². The summed E-state index contributed by atoms with van der Waals surface area (Å²) in [6, 6.07) is -0.867. The molecule has 2 atom stereocenters. The molecule has 132 valence electrons. The van der Waals surface area contributed by atoms with Gasteiger partial charge in [-0.15, -0.1) is 0 Å². The fourth-order valence-corrected chi connectivity index (χ4v) is 2.25. The second kappa shape index (κ2) is 7.19. The van der Waals surface area contributed by atoms with Crippen LogP contribution in [0.15, 0.2) is 0 Å². The molecule has 0 aromatic heterocycles. The van der Waals surface area contributed by atoms with Gasteiger partial charge in [-0.1, -0.05) is 0 Å². The smallest absolute Gasteiger partial charge is 0.407 e. The molecule has 0 bridgehead atoms. The number of carbonyl (C=O) groups excluding carboxylic acids is 3. The van der Waals surface area contributed by atoms with E-state index >= 15 is 0 Å². The van der Waals surface area contributed by atoms with Gasteiger partial charge in [0.05, 0.1) is 12.1 Å². The summed E-state index contributed by atoms with van der Waals surface area (Å²) >= 11 is 0. The molecule has 2 amide bonds. The minimum Gasteiger partial charge on any atom is -0.444 e. The molecule has 0 aromatic rings. The van der Waals surface area contributed by atoms with Crippen LogP contribution in [-0.2, 0) is 14.3 Å². The first kappa shape index (κ1) is 19.3. The number of nitrogens with one attached hydrogen (secondary N) is 2. The molecule has 0 heterocycles. The summed E-state index contributed by atoms with van der Waals surface area (Å²) in [7, 11) is 0. The molecular formula is C16H28N2O5. The van der Waals surface area contributed by atoms with E-state index in [0.717, 1.165) is 0 Å². The van der Waals surface area contributed by atoms with E-state index in [0.29, 0.717) is 12.8 Å². The molecule has 1 aliphatic rings. The fraction of sp³-hybridized carbons (Fsp3) is 0.812. The second-order valence-corrected chi connectivity index (χ2v) is 7.79. The lowest BCUT2D eigenvalue weighted by molar-refractivity contribution is -0.121. The van der Waals surface area contributed by atoms with Crippen LogP contribution in [0.3, 0.4) is 0 Å². The van der Waals surface area contributed by atoms with Crippen molar-refractivity contribution in [3.05, 3.63) is 0 Å². The van der Waals surface area contributed by atoms with E-state index in [1.165, 1.54) is 0 Å². The molecule has 1 unspecified atom stereocenters. The largest absolute Gasteiger partial charge is 0.444 e. The zero-order valence-corrected chi connectivity index (χ0v) is 14.8. The summed E-state index contributed by atoms with van der Waals surface area (Å²) in [5, 5.41) is 5.40. The van der Waals surface area contributed by atoms with Crippen molar-refractivity contribution in [1.82, 2.24) is 10.6 Å². The van der Waals surface area contributed by atoms with Gasteiger partial charge in [-0.3, -0.25) is 4.79 Å². The topological polar surface area (TPSA) is 93.7 Å². The Balaban J connectivity index is 2.66. The van der Waals surface area contributed by atoms with Gasteiger partial charge in [-0.05, 0) is 48.0 Å². The molecule has 0 spiro atoms. The van der Waals surface area contributed by atoms with Crippen LogP contribution in [0.2, 0.25) is 0 Å². The Hall–Kier alpha value is -1.79. The van der Waals surface area contributed by atoms with Crippen molar-refractivity contribution < 1.29 is 23.9 Å². The molecule has 0 radical (unpaired) electrons. The predicted molar refractivity (Wildman–Crippen MR) is 85.2 cm³/mol. The highest BCUT2D eigenvalue weighted by Gasteiger charge is 2.33. The van der Waals surface area contributed by atoms with E-state index in [1.54, 1.807) is 41.5 Å². The van der Waals surface area contributed by atoms with Gasteiger partial charge in [-0.2, -0.15) is 0 Å². The molecule has 0 saturated heterocycles. The molecule has 0 aromatic carbocycles. The standard InChI is InChI=1S/C16H28N2O5/c1-15(2,3)22-13(20)17-11-8-7-10(19)9-12(11)18-14(21)23-16(4,5)6/h11-12H,7-9H2,1-6H3,(H,17,20)(H,18,21)/t11-,12?/m0/s1. The summed E-state index contributed by atoms with van der Waals surface area (Å²) in [5.74, 6) is 0.0493. The van der Waals surface area contributed by atoms with Crippen LogP contribution in [-0.4, -0.2) is 41.3 Å². The normalized spacial score (nSPS) is 22.3. The minimum atomic E-state index is -0.628. The Kier molecular flexibility index (Phi) is 6.02. The molecule has 23 heavy (non-hydrogen) atoms. The average Bonchev–Trinajstić information content (AvgIpc) is 2.27. The molecule has 7 nitrogen and oxygen atoms in total. The van der Waals surface area contributed by atoms with Crippen LogP contribution in [0.1, 0.15) is 60.8 Å². The third-order valence-electron chi connectivity index (χ3n) is 3.07. The van der Waals surface area contributed by atoms with Gasteiger partial charge >= 0.3 is 12.2 Å². The number of carbonyl (C=O) groups is 3. The van der Waals surface area contributed by atoms with Crippen molar-refractivity contribution in [1.29, 1.82) is 0 Å². The highest BCUT2D eigenvalue weighted by molar-refractivity contribution is 5.81. The lowest BCUT2D eigenvalue weighted by atomic mass is 9.89. The number of hydrogen-bond acceptors (Lipinski definition) is 5. The first-order chi connectivity index (χ1) is 10.4. The van der Waals surface area contributed by atoms with E-state index in [-0.39, 0.29) is 18.2 Å². The fourth-order valence-electron chi connectivity index (χ4n) is 2.25. The zero-order chi connectivity index (χ0) is 17.8. The summed E-state index contributed by atoms with van der Waals surface area (Å²) < 4.78 is 10.4. The Bertz CT molecular complexity index is 462. The number of alkyl carbamates (subject to hydrolysis) is 2. The molecule has 0 aliphatic heterocycles. The molecular weight excluding hydrogens is 300 g/mol. The van der Waals surface area contributed by atoms with Crippen LogP contribution in [0.4, 0.5) is 9.59 Å². The summed E-state index contributed by atoms with van der Waals surface area (Å²) in [4.78, 5) is 35.5. The van der Waals surface area contributed by atoms with Gasteiger partial charge in [0.1, 0.15) is 17.0 Å². The first-order valence-corrected chi connectivity index (χ1v) is 7.86. The second-order valence-electron chi connectivity index (χ2n) is 7.79. The van der Waals surface area contributed by atoms with Gasteiger partial charge in [0.15, 0.2) is 0 Å². The molecule has 1 aliphatic carbocycles. The average molecular weight is 328 g/mol. The van der Waals surface area contributed by atoms with Crippen LogP contribution >= 0.6 is 0 Å². The predicted octanol–water partition coefficient (Wildman–Crippen LogP) is 2.53. The highest BCUT2D eigenvalue weighted by Crippen LogP contribution is 2.18. The van der Waals surface area contributed by atoms with Gasteiger partial charge in [-0.25, -0.2) is 9.59 Å². The third-order valence-corrected chi connectivity index (χ3v) is 3.07. The maximum atomic E-state index is 11.9. The third kappa shape index (κ3) is 7.85. The van der Waals surface area contributed by atoms with Crippen LogP contribution in [0.5, 0.6) is 0 Å². The number of amides is 2. The maximum Gasteiger partial charge on any atom is 0.407 e. The van der Waals surface area contributed by atoms with Crippen LogP contribution in [0, 0.1) is 0 Å². The van der Waals surface area contributed by atoms with E-state index in [4.69, 9.17) is 9.47 Å². The summed E-state index contributed by atoms with van der Waals surface area (Å²) in [6.45, 7) is 10.6. The van der Waals surface area contributed by atoms with Crippen molar-refractivity contribution in [2.45, 2.75) is 84.1 Å². The summed E-state index contributed by atoms with van der Waals surface area (Å²) in [5.41, 5.74) is -1.24. The van der Waals surface area contributed by atoms with Gasteiger partial charge in [0.25, 0.3) is 0 Å². The SMILES string of the molecule is CC(C)(C)OC(=O)NC1CC(=O)CC[C@@H]1NC(=O)OC(C)(C)C. The Morgan fingerprint density at radius 1 is 0.913 bits per heavy atom. The van der Waals surface area contributed by atoms with Gasteiger partial charge in [0, 0.05) is 12.8 Å². The van der Waals surface area contributed by atoms with Crippen LogP contribution < -0.4 is 10.6 Å². The maximum absolute atomic E-state index is 11.9. The van der Waals surface area contributed by atoms with E-state index in [9.17, 15) is 14.4 Å². The highest BCUT2D eigenvalue weighted by atomic mass is 16.6. The summed E-state index contributed by atoms with van der Waals surface area (Å²) in [6.07, 6.45) is -0.174. The number of Topliss-reactive ketones (excluding diaryl/α,β-unsaturated/α-hetero) is 1. The monoisotopic (exact) mass is 328 g/mol. The van der Waals surface area contributed by atoms with E-state index < -0.39 is 29.4 Å². The Morgan fingerprint density at radius 3 is 1.78 bits per heavy atom. The number of ether oxygens (including phenoxy) is 2. The lowest BCUT2D eigenvalue weighted by Gasteiger charge is -2.33. The molecule has 1 fully saturated rings. The van der Waals surface area contributed by atoms with Crippen LogP contribution in [0.25, 0.3) is 0 Å². The number of hydrogen-bond donors (Lipinski definition) is 2. The van der Waals surface area contributed by atoms with E-state index in [1.807, 2.05) is 0 Å². The molecule has 1 saturated carbocycles. The van der Waals surface area contributed by atoms with Crippen molar-refractivity contribution in [2.75, 3.05) is 0 Å². The van der Waals surface area contributed by atoms with Gasteiger partial charge < -0.3 is 20.1 Å². The zero-order valence-electron chi connectivity index (χ0n) is 14.8. The number of ketones is 1. The Morgan fingerprint density at radius 2 is 1.35 bits per heavy atom. The van der Waals surface area contributed by atoms with Gasteiger partial charge in [0.2, 0.25) is 0 Å².